The molecule has 0 amide bonds. The molecule has 0 unspecified atom stereocenters. The van der Waals surface area contributed by atoms with Gasteiger partial charge in [-0.3, -0.25) is 4.79 Å². The maximum absolute atomic E-state index is 11.6. The van der Waals surface area contributed by atoms with Gasteiger partial charge in [0.1, 0.15) is 0 Å². The van der Waals surface area contributed by atoms with E-state index in [4.69, 9.17) is 4.74 Å². The summed E-state index contributed by atoms with van der Waals surface area (Å²) in [6, 6.07) is 7.51. The maximum Gasteiger partial charge on any atom is 0.311 e. The molecule has 0 saturated carbocycles. The fraction of sp³-hybridized carbons (Fsp3) is 0.500. The molecule has 0 fully saturated rings. The minimum atomic E-state index is -1.21. The molecule has 0 aromatic heterocycles. The first-order valence-electron chi connectivity index (χ1n) is 5.85. The number of carbonyl (C=O) groups is 1. The summed E-state index contributed by atoms with van der Waals surface area (Å²) in [6.45, 7) is 7.38. The highest BCUT2D eigenvalue weighted by Crippen LogP contribution is 2.30. The van der Waals surface area contributed by atoms with Crippen LogP contribution in [0.15, 0.2) is 24.3 Å². The fourth-order valence-electron chi connectivity index (χ4n) is 1.64. The second kappa shape index (κ2) is 5.32. The van der Waals surface area contributed by atoms with Crippen LogP contribution in [0.2, 0.25) is 0 Å². The van der Waals surface area contributed by atoms with E-state index in [0.717, 1.165) is 11.1 Å². The van der Waals surface area contributed by atoms with Crippen LogP contribution in [0.3, 0.4) is 0 Å². The number of esters is 1. The standard InChI is InChI=1S/C14H20O3/c1-5-17-13(15)11(3)14(4,16)12-8-6-10(2)7-9-12/h6-9,11,16H,5H2,1-4H3/t11-,14-/m0/s1. The molecule has 0 saturated heterocycles. The third-order valence-electron chi connectivity index (χ3n) is 3.12. The van der Waals surface area contributed by atoms with Gasteiger partial charge in [-0.1, -0.05) is 29.8 Å². The average Bonchev–Trinajstić information content (AvgIpc) is 2.29. The Morgan fingerprint density at radius 2 is 1.94 bits per heavy atom. The van der Waals surface area contributed by atoms with Gasteiger partial charge in [0.25, 0.3) is 0 Å². The number of hydrogen-bond acceptors (Lipinski definition) is 3. The Hall–Kier alpha value is -1.35. The molecule has 0 spiro atoms. The normalized spacial score (nSPS) is 16.1. The van der Waals surface area contributed by atoms with Crippen LogP contribution < -0.4 is 0 Å². The van der Waals surface area contributed by atoms with Crippen LogP contribution >= 0.6 is 0 Å². The van der Waals surface area contributed by atoms with Gasteiger partial charge >= 0.3 is 5.97 Å². The molecule has 1 N–H and O–H groups in total. The Kier molecular flexibility index (Phi) is 4.29. The van der Waals surface area contributed by atoms with E-state index in [1.54, 1.807) is 20.8 Å². The second-order valence-electron chi connectivity index (χ2n) is 4.49. The molecule has 0 aliphatic rings. The van der Waals surface area contributed by atoms with E-state index in [1.165, 1.54) is 0 Å². The molecule has 2 atom stereocenters. The summed E-state index contributed by atoms with van der Waals surface area (Å²) in [5, 5.41) is 10.4. The molecule has 0 bridgehead atoms. The molecule has 1 aromatic rings. The van der Waals surface area contributed by atoms with Crippen LogP contribution in [0.5, 0.6) is 0 Å². The Morgan fingerprint density at radius 3 is 2.41 bits per heavy atom. The molecule has 3 nitrogen and oxygen atoms in total. The van der Waals surface area contributed by atoms with Crippen molar-refractivity contribution in [2.75, 3.05) is 6.61 Å². The zero-order chi connectivity index (χ0) is 13.1. The highest BCUT2D eigenvalue weighted by Gasteiger charge is 2.36. The van der Waals surface area contributed by atoms with E-state index in [0.29, 0.717) is 6.61 Å². The van der Waals surface area contributed by atoms with E-state index in [1.807, 2.05) is 31.2 Å². The lowest BCUT2D eigenvalue weighted by Crippen LogP contribution is -2.36. The van der Waals surface area contributed by atoms with Crippen molar-refractivity contribution >= 4 is 5.97 Å². The monoisotopic (exact) mass is 236 g/mol. The summed E-state index contributed by atoms with van der Waals surface area (Å²) in [5.74, 6) is -0.969. The molecule has 0 aliphatic heterocycles. The first-order valence-corrected chi connectivity index (χ1v) is 5.85. The maximum atomic E-state index is 11.6. The topological polar surface area (TPSA) is 46.5 Å². The van der Waals surface area contributed by atoms with Gasteiger partial charge in [0.2, 0.25) is 0 Å². The van der Waals surface area contributed by atoms with Crippen LogP contribution in [0.25, 0.3) is 0 Å². The minimum absolute atomic E-state index is 0.327. The van der Waals surface area contributed by atoms with Crippen LogP contribution in [0.1, 0.15) is 31.9 Å². The Bertz CT molecular complexity index is 379. The van der Waals surface area contributed by atoms with Crippen molar-refractivity contribution in [3.8, 4) is 0 Å². The molecule has 17 heavy (non-hydrogen) atoms. The third-order valence-corrected chi connectivity index (χ3v) is 3.12. The van der Waals surface area contributed by atoms with Crippen LogP contribution in [0.4, 0.5) is 0 Å². The average molecular weight is 236 g/mol. The van der Waals surface area contributed by atoms with E-state index in [9.17, 15) is 9.90 Å². The summed E-state index contributed by atoms with van der Waals surface area (Å²) in [4.78, 5) is 11.6. The van der Waals surface area contributed by atoms with Gasteiger partial charge in [0.15, 0.2) is 0 Å². The summed E-state index contributed by atoms with van der Waals surface area (Å²) in [5.41, 5.74) is 0.636. The summed E-state index contributed by atoms with van der Waals surface area (Å²) < 4.78 is 4.94. The SMILES string of the molecule is CCOC(=O)[C@H](C)[C@](C)(O)c1ccc(C)cc1. The number of hydrogen-bond donors (Lipinski definition) is 1. The van der Waals surface area contributed by atoms with E-state index >= 15 is 0 Å². The molecule has 0 radical (unpaired) electrons. The minimum Gasteiger partial charge on any atom is -0.466 e. The first-order chi connectivity index (χ1) is 7.89. The number of aliphatic hydroxyl groups is 1. The van der Waals surface area contributed by atoms with Crippen molar-refractivity contribution < 1.29 is 14.6 Å². The number of carbonyl (C=O) groups excluding carboxylic acids is 1. The second-order valence-corrected chi connectivity index (χ2v) is 4.49. The largest absolute Gasteiger partial charge is 0.466 e. The van der Waals surface area contributed by atoms with Gasteiger partial charge in [-0.25, -0.2) is 0 Å². The highest BCUT2D eigenvalue weighted by molar-refractivity contribution is 5.73. The lowest BCUT2D eigenvalue weighted by molar-refractivity contribution is -0.156. The fourth-order valence-corrected chi connectivity index (χ4v) is 1.64. The van der Waals surface area contributed by atoms with E-state index in [-0.39, 0.29) is 5.97 Å². The molecule has 94 valence electrons. The Morgan fingerprint density at radius 1 is 1.41 bits per heavy atom. The zero-order valence-electron chi connectivity index (χ0n) is 10.9. The van der Waals surface area contributed by atoms with Crippen LogP contribution in [-0.4, -0.2) is 17.7 Å². The number of aryl methyl sites for hydroxylation is 1. The number of benzene rings is 1. The van der Waals surface area contributed by atoms with Crippen molar-refractivity contribution in [3.05, 3.63) is 35.4 Å². The van der Waals surface area contributed by atoms with Crippen molar-refractivity contribution in [2.24, 2.45) is 5.92 Å². The van der Waals surface area contributed by atoms with Crippen LogP contribution in [0, 0.1) is 12.8 Å². The summed E-state index contributed by atoms with van der Waals surface area (Å²) in [7, 11) is 0. The van der Waals surface area contributed by atoms with Gasteiger partial charge in [0, 0.05) is 0 Å². The van der Waals surface area contributed by atoms with Crippen molar-refractivity contribution in [3.63, 3.8) is 0 Å². The highest BCUT2D eigenvalue weighted by atomic mass is 16.5. The zero-order valence-corrected chi connectivity index (χ0v) is 10.9. The van der Waals surface area contributed by atoms with E-state index in [2.05, 4.69) is 0 Å². The summed E-state index contributed by atoms with van der Waals surface area (Å²) >= 11 is 0. The number of rotatable bonds is 4. The van der Waals surface area contributed by atoms with Gasteiger partial charge in [-0.2, -0.15) is 0 Å². The predicted octanol–water partition coefficient (Wildman–Crippen LogP) is 2.40. The number of ether oxygens (including phenoxy) is 1. The van der Waals surface area contributed by atoms with Crippen molar-refractivity contribution in [2.45, 2.75) is 33.3 Å². The Balaban J connectivity index is 2.93. The Labute approximate surface area is 102 Å². The van der Waals surface area contributed by atoms with Gasteiger partial charge in [-0.05, 0) is 33.3 Å². The quantitative estimate of drug-likeness (QED) is 0.816. The van der Waals surface area contributed by atoms with Crippen molar-refractivity contribution in [1.29, 1.82) is 0 Å². The van der Waals surface area contributed by atoms with Gasteiger partial charge in [0.05, 0.1) is 18.1 Å². The smallest absolute Gasteiger partial charge is 0.311 e. The molecular formula is C14H20O3. The predicted molar refractivity (Wildman–Crippen MR) is 66.5 cm³/mol. The molecule has 0 aliphatic carbocycles. The molecule has 1 aromatic carbocycles. The van der Waals surface area contributed by atoms with Gasteiger partial charge in [-0.15, -0.1) is 0 Å². The molecule has 0 heterocycles. The van der Waals surface area contributed by atoms with Crippen molar-refractivity contribution in [1.82, 2.24) is 0 Å². The lowest BCUT2D eigenvalue weighted by atomic mass is 9.84. The molecule has 1 rings (SSSR count). The molecular weight excluding hydrogens is 216 g/mol. The third kappa shape index (κ3) is 3.07. The van der Waals surface area contributed by atoms with Gasteiger partial charge < -0.3 is 9.84 Å². The summed E-state index contributed by atoms with van der Waals surface area (Å²) in [6.07, 6.45) is 0. The first kappa shape index (κ1) is 13.7. The van der Waals surface area contributed by atoms with Crippen LogP contribution in [-0.2, 0) is 15.1 Å². The van der Waals surface area contributed by atoms with E-state index < -0.39 is 11.5 Å². The lowest BCUT2D eigenvalue weighted by Gasteiger charge is -2.29. The molecule has 3 heteroatoms.